The van der Waals surface area contributed by atoms with Gasteiger partial charge in [0.1, 0.15) is 22.9 Å². The van der Waals surface area contributed by atoms with Gasteiger partial charge in [-0.3, -0.25) is 24.3 Å². The van der Waals surface area contributed by atoms with Crippen molar-refractivity contribution in [3.63, 3.8) is 0 Å². The van der Waals surface area contributed by atoms with Crippen molar-refractivity contribution in [1.29, 1.82) is 0 Å². The minimum atomic E-state index is -0.355. The van der Waals surface area contributed by atoms with E-state index in [1.807, 2.05) is 23.6 Å². The summed E-state index contributed by atoms with van der Waals surface area (Å²) < 4.78 is 22.7. The van der Waals surface area contributed by atoms with Crippen LogP contribution in [-0.4, -0.2) is 48.5 Å². The van der Waals surface area contributed by atoms with E-state index in [1.54, 1.807) is 42.9 Å². The topological polar surface area (TPSA) is 107 Å². The lowest BCUT2D eigenvalue weighted by molar-refractivity contribution is -0.0873. The number of rotatable bonds is 7. The van der Waals surface area contributed by atoms with Gasteiger partial charge in [-0.25, -0.2) is 4.39 Å². The first kappa shape index (κ1) is 24.6. The largest absolute Gasteiger partial charge is 0.497 e. The molecular formula is C30H28FN7O2. The van der Waals surface area contributed by atoms with Gasteiger partial charge in [0.05, 0.1) is 35.3 Å². The molecule has 40 heavy (non-hydrogen) atoms. The number of carbonyl (C=O) groups excluding carboxylic acids is 1. The SMILES string of the molecule is CCOC1=CN=C(c2nnc(C34CC(NC(=O)c5ccnc6cccnc56)(C3)C4)n2-c2ccccc2F)C(C)C1. The molecule has 3 aromatic heterocycles. The van der Waals surface area contributed by atoms with Gasteiger partial charge in [0, 0.05) is 35.7 Å². The average Bonchev–Trinajstić information content (AvgIpc) is 3.34. The Balaban J connectivity index is 1.20. The molecule has 202 valence electrons. The standard InChI is InChI=1S/C30H28FN7O2/c1-3-40-19-13-18(2)24(34-14-19)26-36-37-28(38(26)23-9-5-4-7-21(23)31)29-15-30(16-29,17-29)35-27(39)20-10-12-32-22-8-6-11-33-25(20)22/h4-12,14,18H,3,13,15-17H2,1-2H3,(H,35,39). The first-order valence-electron chi connectivity index (χ1n) is 13.5. The van der Waals surface area contributed by atoms with E-state index in [1.165, 1.54) is 6.07 Å². The maximum Gasteiger partial charge on any atom is 0.254 e. The fourth-order valence-corrected chi connectivity index (χ4v) is 6.56. The summed E-state index contributed by atoms with van der Waals surface area (Å²) in [5.41, 5.74) is 2.27. The summed E-state index contributed by atoms with van der Waals surface area (Å²) in [4.78, 5) is 26.6. The van der Waals surface area contributed by atoms with Crippen LogP contribution in [0.15, 0.2) is 71.8 Å². The summed E-state index contributed by atoms with van der Waals surface area (Å²) in [5.74, 6) is 1.57. The Bertz CT molecular complexity index is 1700. The summed E-state index contributed by atoms with van der Waals surface area (Å²) in [6.45, 7) is 4.59. The number of carbonyl (C=O) groups is 1. The number of ether oxygens (including phenoxy) is 1. The van der Waals surface area contributed by atoms with Crippen LogP contribution in [0, 0.1) is 11.7 Å². The van der Waals surface area contributed by atoms with Crippen LogP contribution in [0.1, 0.15) is 61.5 Å². The second-order valence-electron chi connectivity index (χ2n) is 11.1. The number of halogens is 1. The van der Waals surface area contributed by atoms with Gasteiger partial charge < -0.3 is 10.1 Å². The Labute approximate surface area is 230 Å². The molecule has 4 aliphatic rings. The molecule has 3 fully saturated rings. The minimum absolute atomic E-state index is 0.0246. The second-order valence-corrected chi connectivity index (χ2v) is 11.1. The number of allylic oxidation sites excluding steroid dienone is 1. The minimum Gasteiger partial charge on any atom is -0.497 e. The molecule has 3 saturated carbocycles. The van der Waals surface area contributed by atoms with E-state index in [4.69, 9.17) is 4.74 Å². The summed E-state index contributed by atoms with van der Waals surface area (Å²) in [7, 11) is 0. The smallest absolute Gasteiger partial charge is 0.254 e. The molecule has 9 nitrogen and oxygen atoms in total. The number of pyridine rings is 2. The summed E-state index contributed by atoms with van der Waals surface area (Å²) in [5, 5.41) is 12.4. The normalized spacial score (nSPS) is 24.9. The number of para-hydroxylation sites is 1. The highest BCUT2D eigenvalue weighted by atomic mass is 19.1. The van der Waals surface area contributed by atoms with Crippen molar-refractivity contribution in [1.82, 2.24) is 30.0 Å². The third-order valence-electron chi connectivity index (χ3n) is 8.26. The van der Waals surface area contributed by atoms with Gasteiger partial charge in [-0.05, 0) is 56.5 Å². The molecule has 0 spiro atoms. The number of nitrogens with one attached hydrogen (secondary N) is 1. The van der Waals surface area contributed by atoms with Gasteiger partial charge in [-0.1, -0.05) is 19.1 Å². The molecular weight excluding hydrogens is 509 g/mol. The van der Waals surface area contributed by atoms with Crippen molar-refractivity contribution in [3.8, 4) is 5.69 Å². The fraction of sp³-hybridized carbons (Fsp3) is 0.333. The van der Waals surface area contributed by atoms with Crippen molar-refractivity contribution in [2.75, 3.05) is 6.61 Å². The van der Waals surface area contributed by atoms with E-state index in [2.05, 4.69) is 37.4 Å². The predicted molar refractivity (Wildman–Crippen MR) is 147 cm³/mol. The van der Waals surface area contributed by atoms with Crippen molar-refractivity contribution < 1.29 is 13.9 Å². The van der Waals surface area contributed by atoms with Crippen molar-refractivity contribution in [3.05, 3.63) is 89.8 Å². The molecule has 3 aliphatic carbocycles. The number of aliphatic imine (C=N–C) groups is 1. The zero-order valence-electron chi connectivity index (χ0n) is 22.3. The highest BCUT2D eigenvalue weighted by Gasteiger charge is 2.71. The Hall–Kier alpha value is -4.47. The van der Waals surface area contributed by atoms with E-state index >= 15 is 4.39 Å². The molecule has 1 unspecified atom stereocenters. The average molecular weight is 538 g/mol. The van der Waals surface area contributed by atoms with E-state index in [9.17, 15) is 4.79 Å². The Morgan fingerprint density at radius 1 is 1.10 bits per heavy atom. The van der Waals surface area contributed by atoms with Crippen LogP contribution in [-0.2, 0) is 10.2 Å². The number of benzene rings is 1. The predicted octanol–water partition coefficient (Wildman–Crippen LogP) is 4.66. The molecule has 4 heterocycles. The van der Waals surface area contributed by atoms with E-state index in [0.717, 1.165) is 11.5 Å². The van der Waals surface area contributed by atoms with Crippen molar-refractivity contribution >= 4 is 22.7 Å². The molecule has 1 atom stereocenters. The first-order chi connectivity index (χ1) is 19.4. The van der Waals surface area contributed by atoms with E-state index in [0.29, 0.717) is 66.2 Å². The van der Waals surface area contributed by atoms with Crippen molar-refractivity contribution in [2.45, 2.75) is 50.5 Å². The molecule has 0 saturated heterocycles. The number of fused-ring (bicyclic) bond motifs is 1. The van der Waals surface area contributed by atoms with Gasteiger partial charge in [0.2, 0.25) is 0 Å². The lowest BCUT2D eigenvalue weighted by atomic mass is 9.39. The third-order valence-corrected chi connectivity index (χ3v) is 8.26. The molecule has 0 radical (unpaired) electrons. The Morgan fingerprint density at radius 2 is 1.93 bits per heavy atom. The van der Waals surface area contributed by atoms with Crippen LogP contribution in [0.2, 0.25) is 0 Å². The highest BCUT2D eigenvalue weighted by Crippen LogP contribution is 2.67. The zero-order valence-corrected chi connectivity index (χ0v) is 22.3. The fourth-order valence-electron chi connectivity index (χ4n) is 6.56. The van der Waals surface area contributed by atoms with Crippen LogP contribution in [0.5, 0.6) is 0 Å². The number of hydrogen-bond donors (Lipinski definition) is 1. The quantitative estimate of drug-likeness (QED) is 0.368. The second kappa shape index (κ2) is 9.04. The van der Waals surface area contributed by atoms with Gasteiger partial charge >= 0.3 is 0 Å². The Kier molecular flexibility index (Phi) is 5.55. The molecule has 1 amide bonds. The maximum absolute atomic E-state index is 15.2. The van der Waals surface area contributed by atoms with Gasteiger partial charge in [-0.15, -0.1) is 10.2 Å². The zero-order chi connectivity index (χ0) is 27.5. The van der Waals surface area contributed by atoms with Gasteiger partial charge in [0.25, 0.3) is 5.91 Å². The van der Waals surface area contributed by atoms with E-state index in [-0.39, 0.29) is 28.6 Å². The summed E-state index contributed by atoms with van der Waals surface area (Å²) >= 11 is 0. The van der Waals surface area contributed by atoms with Crippen LogP contribution < -0.4 is 5.32 Å². The number of nitrogens with zero attached hydrogens (tertiary/aromatic N) is 6. The van der Waals surface area contributed by atoms with Crippen LogP contribution >= 0.6 is 0 Å². The number of amides is 1. The molecule has 1 aliphatic heterocycles. The molecule has 10 heteroatoms. The monoisotopic (exact) mass is 537 g/mol. The number of aromatic nitrogens is 5. The molecule has 1 N–H and O–H groups in total. The van der Waals surface area contributed by atoms with Crippen LogP contribution in [0.3, 0.4) is 0 Å². The first-order valence-corrected chi connectivity index (χ1v) is 13.5. The lowest BCUT2D eigenvalue weighted by Crippen LogP contribution is -2.77. The van der Waals surface area contributed by atoms with Crippen LogP contribution in [0.4, 0.5) is 4.39 Å². The summed E-state index contributed by atoms with van der Waals surface area (Å²) in [6.07, 6.45) is 7.80. The maximum atomic E-state index is 15.2. The summed E-state index contributed by atoms with van der Waals surface area (Å²) in [6, 6.07) is 12.0. The number of hydrogen-bond acceptors (Lipinski definition) is 7. The molecule has 1 aromatic carbocycles. The molecule has 8 rings (SSSR count). The third kappa shape index (κ3) is 3.73. The van der Waals surface area contributed by atoms with E-state index < -0.39 is 0 Å². The highest BCUT2D eigenvalue weighted by molar-refractivity contribution is 6.05. The van der Waals surface area contributed by atoms with Crippen molar-refractivity contribution in [2.24, 2.45) is 10.9 Å². The van der Waals surface area contributed by atoms with Gasteiger partial charge in [0.15, 0.2) is 5.82 Å². The Morgan fingerprint density at radius 3 is 2.70 bits per heavy atom. The van der Waals surface area contributed by atoms with Gasteiger partial charge in [-0.2, -0.15) is 0 Å². The van der Waals surface area contributed by atoms with Crippen LogP contribution in [0.25, 0.3) is 16.7 Å². The lowest BCUT2D eigenvalue weighted by Gasteiger charge is -2.69. The molecule has 2 bridgehead atoms. The molecule has 4 aromatic rings.